The van der Waals surface area contributed by atoms with Gasteiger partial charge in [0.05, 0.1) is 27.6 Å². The Bertz CT molecular complexity index is 1520. The van der Waals surface area contributed by atoms with Gasteiger partial charge in [-0.2, -0.15) is 16.8 Å². The number of nitrogens with zero attached hydrogens (tertiary/aromatic N) is 2. The first kappa shape index (κ1) is 31.1. The van der Waals surface area contributed by atoms with Crippen molar-refractivity contribution in [2.45, 2.75) is 61.7 Å². The Hall–Kier alpha value is -1.80. The molecule has 0 spiro atoms. The van der Waals surface area contributed by atoms with Gasteiger partial charge in [-0.25, -0.2) is 0 Å². The predicted molar refractivity (Wildman–Crippen MR) is 164 cm³/mol. The van der Waals surface area contributed by atoms with Crippen LogP contribution < -0.4 is 4.90 Å². The number of fused-ring (bicyclic) bond motifs is 2. The summed E-state index contributed by atoms with van der Waals surface area (Å²) in [6.45, 7) is 7.84. The van der Waals surface area contributed by atoms with Crippen molar-refractivity contribution in [1.29, 1.82) is 0 Å². The maximum Gasteiger partial charge on any atom is 0.264 e. The molecule has 12 heteroatoms. The van der Waals surface area contributed by atoms with Crippen molar-refractivity contribution >= 4 is 49.4 Å². The molecule has 0 aliphatic carbocycles. The SMILES string of the molecule is CCC(/C=C1\Sc2ccc(C)cc2N1CCCS(=O)(=O)O)=C\C1Sc2ccc(C)cc2CN1CCCS(=O)(=O)O. The fraction of sp³-hybridized carbons (Fsp3) is 0.429. The Balaban J connectivity index is 1.63. The van der Waals surface area contributed by atoms with Gasteiger partial charge >= 0.3 is 0 Å². The highest BCUT2D eigenvalue weighted by Gasteiger charge is 2.28. The van der Waals surface area contributed by atoms with E-state index in [2.05, 4.69) is 72.2 Å². The van der Waals surface area contributed by atoms with E-state index in [1.807, 2.05) is 6.92 Å². The molecule has 2 aromatic carbocycles. The smallest absolute Gasteiger partial charge is 0.264 e. The van der Waals surface area contributed by atoms with Crippen molar-refractivity contribution in [3.05, 3.63) is 75.8 Å². The molecule has 0 fully saturated rings. The average molecular weight is 625 g/mol. The molecule has 1 unspecified atom stereocenters. The maximum atomic E-state index is 11.4. The van der Waals surface area contributed by atoms with Gasteiger partial charge in [0.2, 0.25) is 0 Å². The number of thioether (sulfide) groups is 2. The number of hydrogen-bond acceptors (Lipinski definition) is 8. The third kappa shape index (κ3) is 8.60. The van der Waals surface area contributed by atoms with E-state index in [0.29, 0.717) is 32.5 Å². The lowest BCUT2D eigenvalue weighted by Gasteiger charge is -2.35. The highest BCUT2D eigenvalue weighted by Crippen LogP contribution is 2.47. The normalized spacial score (nSPS) is 19.2. The van der Waals surface area contributed by atoms with Crippen LogP contribution in [0.25, 0.3) is 0 Å². The van der Waals surface area contributed by atoms with E-state index in [9.17, 15) is 25.9 Å². The summed E-state index contributed by atoms with van der Waals surface area (Å²) < 4.78 is 63.9. The summed E-state index contributed by atoms with van der Waals surface area (Å²) in [7, 11) is -8.07. The zero-order chi connectivity index (χ0) is 29.1. The van der Waals surface area contributed by atoms with Crippen LogP contribution in [0.1, 0.15) is 42.9 Å². The average Bonchev–Trinajstić information content (AvgIpc) is 3.18. The van der Waals surface area contributed by atoms with Crippen LogP contribution in [0.15, 0.2) is 68.9 Å². The summed E-state index contributed by atoms with van der Waals surface area (Å²) in [5.74, 6) is -0.571. The molecule has 2 aromatic rings. The van der Waals surface area contributed by atoms with Crippen LogP contribution in [-0.2, 0) is 26.8 Å². The van der Waals surface area contributed by atoms with Crippen LogP contribution in [0, 0.1) is 13.8 Å². The molecule has 0 aromatic heterocycles. The van der Waals surface area contributed by atoms with Crippen LogP contribution in [0.5, 0.6) is 0 Å². The molecule has 0 bridgehead atoms. The molecule has 218 valence electrons. The van der Waals surface area contributed by atoms with Gasteiger partial charge < -0.3 is 4.90 Å². The lowest BCUT2D eigenvalue weighted by atomic mass is 10.1. The number of aryl methyl sites for hydroxylation is 2. The van der Waals surface area contributed by atoms with Crippen LogP contribution in [-0.4, -0.2) is 60.8 Å². The molecule has 2 N–H and O–H groups in total. The molecule has 1 atom stereocenters. The molecule has 0 radical (unpaired) electrons. The maximum absolute atomic E-state index is 11.4. The van der Waals surface area contributed by atoms with Crippen molar-refractivity contribution in [1.82, 2.24) is 4.90 Å². The summed E-state index contributed by atoms with van der Waals surface area (Å²) in [5, 5.41) is 0.978. The quantitative estimate of drug-likeness (QED) is 0.294. The second-order valence-electron chi connectivity index (χ2n) is 10.2. The summed E-state index contributed by atoms with van der Waals surface area (Å²) in [4.78, 5) is 6.67. The van der Waals surface area contributed by atoms with Crippen molar-refractivity contribution in [2.75, 3.05) is 29.5 Å². The van der Waals surface area contributed by atoms with Crippen LogP contribution >= 0.6 is 23.5 Å². The van der Waals surface area contributed by atoms with E-state index in [1.165, 1.54) is 16.0 Å². The van der Waals surface area contributed by atoms with E-state index in [4.69, 9.17) is 0 Å². The van der Waals surface area contributed by atoms with Gasteiger partial charge in [0, 0.05) is 29.4 Å². The van der Waals surface area contributed by atoms with Crippen molar-refractivity contribution < 1.29 is 25.9 Å². The number of anilines is 1. The number of benzene rings is 2. The standard InChI is InChI=1S/C28H36N2O6S4/c1-4-22(18-28-30(12-6-14-40(34,35)36)24-16-21(3)8-10-26(24)38-28)17-27-29(11-5-13-39(31,32)33)19-23-15-20(2)7-9-25(23)37-27/h7-10,15-18,27H,4-6,11-14,19H2,1-3H3,(H,31,32,33)(H,34,35,36)/b22-17+,28-18-. The first-order valence-corrected chi connectivity index (χ1v) is 18.1. The fourth-order valence-corrected chi connectivity index (χ4v) is 8.21. The minimum atomic E-state index is -4.04. The van der Waals surface area contributed by atoms with Crippen molar-refractivity contribution in [3.63, 3.8) is 0 Å². The number of allylic oxidation sites excluding steroid dienone is 2. The third-order valence-electron chi connectivity index (χ3n) is 6.79. The summed E-state index contributed by atoms with van der Waals surface area (Å²) >= 11 is 3.38. The third-order valence-corrected chi connectivity index (χ3v) is 10.8. The lowest BCUT2D eigenvalue weighted by Crippen LogP contribution is -2.36. The van der Waals surface area contributed by atoms with Crippen LogP contribution in [0.2, 0.25) is 0 Å². The van der Waals surface area contributed by atoms with Gasteiger partial charge in [-0.05, 0) is 74.1 Å². The summed E-state index contributed by atoms with van der Waals surface area (Å²) in [6, 6.07) is 12.6. The lowest BCUT2D eigenvalue weighted by molar-refractivity contribution is 0.266. The Morgan fingerprint density at radius 2 is 1.57 bits per heavy atom. The molecule has 2 aliphatic heterocycles. The largest absolute Gasteiger partial charge is 0.335 e. The van der Waals surface area contributed by atoms with Gasteiger partial charge in [-0.15, -0.1) is 11.8 Å². The second kappa shape index (κ2) is 13.0. The fourth-order valence-electron chi connectivity index (χ4n) is 4.82. The molecular formula is C28H36N2O6S4. The van der Waals surface area contributed by atoms with Gasteiger partial charge in [0.25, 0.3) is 20.2 Å². The monoisotopic (exact) mass is 624 g/mol. The van der Waals surface area contributed by atoms with E-state index in [1.54, 1.807) is 23.5 Å². The molecule has 2 aliphatic rings. The Morgan fingerprint density at radius 1 is 0.950 bits per heavy atom. The number of hydrogen-bond donors (Lipinski definition) is 2. The van der Waals surface area contributed by atoms with Gasteiger partial charge in [0.1, 0.15) is 0 Å². The molecule has 0 amide bonds. The number of rotatable bonds is 11. The summed E-state index contributed by atoms with van der Waals surface area (Å²) in [5.41, 5.74) is 5.64. The Morgan fingerprint density at radius 3 is 2.23 bits per heavy atom. The predicted octanol–water partition coefficient (Wildman–Crippen LogP) is 5.88. The zero-order valence-corrected chi connectivity index (χ0v) is 26.2. The molecule has 8 nitrogen and oxygen atoms in total. The first-order chi connectivity index (χ1) is 18.8. The molecule has 2 heterocycles. The van der Waals surface area contributed by atoms with E-state index in [-0.39, 0.29) is 16.9 Å². The van der Waals surface area contributed by atoms with Crippen molar-refractivity contribution in [3.8, 4) is 0 Å². The Labute approximate surface area is 246 Å². The zero-order valence-electron chi connectivity index (χ0n) is 22.9. The minimum absolute atomic E-state index is 0.0209. The molecule has 0 saturated carbocycles. The second-order valence-corrected chi connectivity index (χ2v) is 15.5. The minimum Gasteiger partial charge on any atom is -0.335 e. The highest BCUT2D eigenvalue weighted by atomic mass is 32.2. The van der Waals surface area contributed by atoms with E-state index in [0.717, 1.165) is 33.2 Å². The van der Waals surface area contributed by atoms with Crippen LogP contribution in [0.4, 0.5) is 5.69 Å². The van der Waals surface area contributed by atoms with E-state index < -0.39 is 20.2 Å². The molecule has 0 saturated heterocycles. The topological polar surface area (TPSA) is 115 Å². The van der Waals surface area contributed by atoms with Gasteiger partial charge in [-0.3, -0.25) is 14.0 Å². The highest BCUT2D eigenvalue weighted by molar-refractivity contribution is 8.03. The van der Waals surface area contributed by atoms with Crippen LogP contribution in [0.3, 0.4) is 0 Å². The molecule has 4 rings (SSSR count). The Kier molecular flexibility index (Phi) is 10.1. The summed E-state index contributed by atoms with van der Waals surface area (Å²) in [6.07, 6.45) is 5.77. The van der Waals surface area contributed by atoms with E-state index >= 15 is 0 Å². The molecule has 40 heavy (non-hydrogen) atoms. The van der Waals surface area contributed by atoms with Gasteiger partial charge in [-0.1, -0.05) is 48.5 Å². The first-order valence-electron chi connectivity index (χ1n) is 13.2. The van der Waals surface area contributed by atoms with Crippen molar-refractivity contribution in [2.24, 2.45) is 0 Å². The molecular weight excluding hydrogens is 589 g/mol. The van der Waals surface area contributed by atoms with Gasteiger partial charge in [0.15, 0.2) is 0 Å².